The fourth-order valence-electron chi connectivity index (χ4n) is 6.38. The summed E-state index contributed by atoms with van der Waals surface area (Å²) in [5, 5.41) is 3.14. The maximum Gasteiger partial charge on any atom is 0.228 e. The lowest BCUT2D eigenvalue weighted by Gasteiger charge is -2.57. The number of carbonyl (C=O) groups excluding carboxylic acids is 2. The average Bonchev–Trinajstić information content (AvgIpc) is 2.60. The van der Waals surface area contributed by atoms with Crippen LogP contribution in [0.4, 0.5) is 0 Å². The van der Waals surface area contributed by atoms with E-state index in [1.165, 1.54) is 19.3 Å². The molecule has 26 heavy (non-hydrogen) atoms. The van der Waals surface area contributed by atoms with Crippen molar-refractivity contribution in [2.45, 2.75) is 71.3 Å². The molecule has 0 unspecified atom stereocenters. The lowest BCUT2D eigenvalue weighted by atomic mass is 9.49. The summed E-state index contributed by atoms with van der Waals surface area (Å²) in [4.78, 5) is 27.9. The quantitative estimate of drug-likeness (QED) is 0.758. The molecule has 1 N–H and O–H groups in total. The molecule has 5 heteroatoms. The molecule has 4 saturated carbocycles. The first-order valence-electron chi connectivity index (χ1n) is 10.5. The topological polar surface area (TPSA) is 49.4 Å². The van der Waals surface area contributed by atoms with Gasteiger partial charge in [0.25, 0.3) is 0 Å². The molecule has 4 aliphatic carbocycles. The van der Waals surface area contributed by atoms with Gasteiger partial charge in [0.2, 0.25) is 11.8 Å². The minimum Gasteiger partial charge on any atom is -0.353 e. The molecule has 0 aromatic carbocycles. The number of halogens is 1. The number of carbonyl (C=O) groups is 2. The summed E-state index contributed by atoms with van der Waals surface area (Å²) < 4.78 is 0. The molecule has 1 aliphatic heterocycles. The maximum absolute atomic E-state index is 13.4. The van der Waals surface area contributed by atoms with Gasteiger partial charge in [-0.05, 0) is 83.0 Å². The molecule has 0 atom stereocenters. The molecule has 0 aromatic heterocycles. The Morgan fingerprint density at radius 1 is 1.04 bits per heavy atom. The molecule has 5 fully saturated rings. The van der Waals surface area contributed by atoms with Crippen molar-refractivity contribution >= 4 is 23.4 Å². The van der Waals surface area contributed by atoms with E-state index in [9.17, 15) is 9.59 Å². The number of hydrogen-bond donors (Lipinski definition) is 1. The molecular weight excluding hydrogens is 348 g/mol. The SMILES string of the molecule is CC(C)(CCl)C(=O)NC1CCN(C(=O)C23CC4CC(CC(C4)C2)C3)CC1. The summed E-state index contributed by atoms with van der Waals surface area (Å²) in [6.07, 6.45) is 9.25. The molecule has 5 rings (SSSR count). The fraction of sp³-hybridized carbons (Fsp3) is 0.905. The van der Waals surface area contributed by atoms with E-state index >= 15 is 0 Å². The minimum atomic E-state index is -0.534. The number of rotatable bonds is 4. The number of likely N-dealkylation sites (tertiary alicyclic amines) is 1. The lowest BCUT2D eigenvalue weighted by Crippen LogP contribution is -2.57. The van der Waals surface area contributed by atoms with Gasteiger partial charge in [-0.3, -0.25) is 9.59 Å². The van der Waals surface area contributed by atoms with Crippen molar-refractivity contribution in [3.05, 3.63) is 0 Å². The van der Waals surface area contributed by atoms with Crippen LogP contribution >= 0.6 is 11.6 Å². The number of hydrogen-bond acceptors (Lipinski definition) is 2. The number of alkyl halides is 1. The van der Waals surface area contributed by atoms with Crippen molar-refractivity contribution in [1.82, 2.24) is 10.2 Å². The summed E-state index contributed by atoms with van der Waals surface area (Å²) in [6, 6.07) is 0.172. The van der Waals surface area contributed by atoms with Crippen LogP contribution in [0.25, 0.3) is 0 Å². The van der Waals surface area contributed by atoms with Crippen molar-refractivity contribution in [2.75, 3.05) is 19.0 Å². The second-order valence-electron chi connectivity index (χ2n) is 10.3. The van der Waals surface area contributed by atoms with Crippen LogP contribution in [0.15, 0.2) is 0 Å². The predicted octanol–water partition coefficient (Wildman–Crippen LogP) is 3.58. The average molecular weight is 381 g/mol. The van der Waals surface area contributed by atoms with Crippen LogP contribution in [0.1, 0.15) is 65.2 Å². The molecule has 0 radical (unpaired) electrons. The number of nitrogens with one attached hydrogen (secondary N) is 1. The smallest absolute Gasteiger partial charge is 0.228 e. The van der Waals surface area contributed by atoms with Crippen molar-refractivity contribution in [3.63, 3.8) is 0 Å². The summed E-state index contributed by atoms with van der Waals surface area (Å²) in [6.45, 7) is 5.32. The van der Waals surface area contributed by atoms with E-state index in [2.05, 4.69) is 10.2 Å². The highest BCUT2D eigenvalue weighted by Crippen LogP contribution is 2.60. The minimum absolute atomic E-state index is 0.0263. The zero-order chi connectivity index (χ0) is 18.5. The molecule has 0 aromatic rings. The van der Waals surface area contributed by atoms with Gasteiger partial charge in [0.05, 0.1) is 10.8 Å². The zero-order valence-electron chi connectivity index (χ0n) is 16.2. The molecule has 146 valence electrons. The first-order chi connectivity index (χ1) is 12.3. The third-order valence-electron chi connectivity index (χ3n) is 7.56. The van der Waals surface area contributed by atoms with Crippen LogP contribution in [0.3, 0.4) is 0 Å². The monoisotopic (exact) mass is 380 g/mol. The molecule has 2 amide bonds. The van der Waals surface area contributed by atoms with E-state index in [-0.39, 0.29) is 17.4 Å². The second-order valence-corrected chi connectivity index (χ2v) is 10.5. The van der Waals surface area contributed by atoms with E-state index in [0.717, 1.165) is 62.9 Å². The highest BCUT2D eigenvalue weighted by atomic mass is 35.5. The van der Waals surface area contributed by atoms with Crippen molar-refractivity contribution in [2.24, 2.45) is 28.6 Å². The summed E-state index contributed by atoms with van der Waals surface area (Å²) >= 11 is 5.91. The Morgan fingerprint density at radius 2 is 1.54 bits per heavy atom. The van der Waals surface area contributed by atoms with Crippen LogP contribution in [0.2, 0.25) is 0 Å². The Kier molecular flexibility index (Phi) is 4.78. The molecule has 1 heterocycles. The van der Waals surface area contributed by atoms with E-state index < -0.39 is 5.41 Å². The van der Waals surface area contributed by atoms with Gasteiger partial charge in [-0.15, -0.1) is 11.6 Å². The third kappa shape index (κ3) is 3.27. The highest BCUT2D eigenvalue weighted by molar-refractivity contribution is 6.19. The Hall–Kier alpha value is -0.770. The van der Waals surface area contributed by atoms with Crippen LogP contribution in [0, 0.1) is 28.6 Å². The Labute approximate surface area is 162 Å². The van der Waals surface area contributed by atoms with E-state index in [0.29, 0.717) is 11.8 Å². The Morgan fingerprint density at radius 3 is 2.00 bits per heavy atom. The van der Waals surface area contributed by atoms with Crippen LogP contribution < -0.4 is 5.32 Å². The number of piperidine rings is 1. The summed E-state index contributed by atoms with van der Waals surface area (Å²) in [5.41, 5.74) is -0.570. The van der Waals surface area contributed by atoms with Gasteiger partial charge in [-0.2, -0.15) is 0 Å². The highest BCUT2D eigenvalue weighted by Gasteiger charge is 2.55. The van der Waals surface area contributed by atoms with Gasteiger partial charge in [0, 0.05) is 25.0 Å². The molecule has 1 saturated heterocycles. The van der Waals surface area contributed by atoms with E-state index in [4.69, 9.17) is 11.6 Å². The van der Waals surface area contributed by atoms with E-state index in [1.807, 2.05) is 13.8 Å². The first-order valence-corrected chi connectivity index (χ1v) is 11.0. The predicted molar refractivity (Wildman–Crippen MR) is 103 cm³/mol. The van der Waals surface area contributed by atoms with Gasteiger partial charge in [0.15, 0.2) is 0 Å². The first kappa shape index (κ1) is 18.6. The Balaban J connectivity index is 1.34. The van der Waals surface area contributed by atoms with Crippen LogP contribution in [-0.4, -0.2) is 41.7 Å². The lowest BCUT2D eigenvalue weighted by molar-refractivity contribution is -0.158. The maximum atomic E-state index is 13.4. The van der Waals surface area contributed by atoms with Gasteiger partial charge in [-0.1, -0.05) is 0 Å². The van der Waals surface area contributed by atoms with Gasteiger partial charge in [0.1, 0.15) is 0 Å². The molecule has 0 spiro atoms. The number of nitrogens with zero attached hydrogens (tertiary/aromatic N) is 1. The molecule has 4 bridgehead atoms. The molecule has 4 nitrogen and oxygen atoms in total. The summed E-state index contributed by atoms with van der Waals surface area (Å²) in [7, 11) is 0. The van der Waals surface area contributed by atoms with Crippen LogP contribution in [0.5, 0.6) is 0 Å². The van der Waals surface area contributed by atoms with Gasteiger partial charge >= 0.3 is 0 Å². The molecular formula is C21H33ClN2O2. The third-order valence-corrected chi connectivity index (χ3v) is 8.23. The normalized spacial score (nSPS) is 37.0. The fourth-order valence-corrected chi connectivity index (χ4v) is 6.50. The van der Waals surface area contributed by atoms with Crippen LogP contribution in [-0.2, 0) is 9.59 Å². The van der Waals surface area contributed by atoms with Gasteiger partial charge in [-0.25, -0.2) is 0 Å². The van der Waals surface area contributed by atoms with E-state index in [1.54, 1.807) is 0 Å². The van der Waals surface area contributed by atoms with Crippen molar-refractivity contribution < 1.29 is 9.59 Å². The van der Waals surface area contributed by atoms with Crippen molar-refractivity contribution in [3.8, 4) is 0 Å². The standard InChI is InChI=1S/C21H33ClN2O2/c1-20(2,13-22)18(25)23-17-3-5-24(6-4-17)19(26)21-10-14-7-15(11-21)9-16(8-14)12-21/h14-17H,3-13H2,1-2H3,(H,23,25). The second kappa shape index (κ2) is 6.68. The summed E-state index contributed by atoms with van der Waals surface area (Å²) in [5.74, 6) is 3.20. The van der Waals surface area contributed by atoms with Crippen molar-refractivity contribution in [1.29, 1.82) is 0 Å². The van der Waals surface area contributed by atoms with Gasteiger partial charge < -0.3 is 10.2 Å². The number of amides is 2. The Bertz CT molecular complexity index is 545. The largest absolute Gasteiger partial charge is 0.353 e. The zero-order valence-corrected chi connectivity index (χ0v) is 17.0. The molecule has 5 aliphatic rings.